The molecule has 1 aromatic carbocycles. The van der Waals surface area contributed by atoms with Gasteiger partial charge in [-0.25, -0.2) is 0 Å². The number of nitrogens with zero attached hydrogens (tertiary/aromatic N) is 1. The van der Waals surface area contributed by atoms with Crippen molar-refractivity contribution in [1.82, 2.24) is 15.2 Å². The van der Waals surface area contributed by atoms with Gasteiger partial charge >= 0.3 is 0 Å². The number of piperidine rings is 1. The Labute approximate surface area is 159 Å². The van der Waals surface area contributed by atoms with Crippen molar-refractivity contribution in [2.45, 2.75) is 45.1 Å². The lowest BCUT2D eigenvalue weighted by Crippen LogP contribution is -2.44. The Morgan fingerprint density at radius 2 is 2.04 bits per heavy atom. The van der Waals surface area contributed by atoms with Crippen LogP contribution in [0.3, 0.4) is 0 Å². The molecular weight excluding hydrogens is 342 g/mol. The first-order valence-electron chi connectivity index (χ1n) is 9.77. The lowest BCUT2D eigenvalue weighted by molar-refractivity contribution is -0.121. The topological polar surface area (TPSA) is 74.4 Å². The largest absolute Gasteiger partial charge is 0.497 e. The zero-order chi connectivity index (χ0) is 19.2. The maximum atomic E-state index is 12.3. The molecule has 6 heteroatoms. The second-order valence-electron chi connectivity index (χ2n) is 7.33. The van der Waals surface area contributed by atoms with Gasteiger partial charge in [-0.05, 0) is 62.9 Å². The number of ether oxygens (including phenoxy) is 1. The number of fused-ring (bicyclic) bond motifs is 1. The number of aromatic nitrogens is 1. The van der Waals surface area contributed by atoms with Gasteiger partial charge in [-0.3, -0.25) is 14.5 Å². The number of methoxy groups -OCH3 is 1. The van der Waals surface area contributed by atoms with Gasteiger partial charge in [-0.2, -0.15) is 0 Å². The van der Waals surface area contributed by atoms with Gasteiger partial charge in [0.05, 0.1) is 12.6 Å². The summed E-state index contributed by atoms with van der Waals surface area (Å²) in [6, 6.07) is 7.79. The fraction of sp³-hybridized carbons (Fsp3) is 0.524. The molecule has 146 valence electrons. The molecule has 1 fully saturated rings. The number of pyridine rings is 1. The van der Waals surface area contributed by atoms with Crippen LogP contribution >= 0.6 is 0 Å². The number of carbonyl (C=O) groups is 1. The van der Waals surface area contributed by atoms with Crippen molar-refractivity contribution < 1.29 is 9.53 Å². The standard InChI is InChI=1S/C21H29N3O3/c1-15(24-10-4-3-5-11-24)14-22-20(25)9-7-17-12-16-6-8-18(27-2)13-19(16)23-21(17)26/h6,8,12-13,15H,3-5,7,9-11,14H2,1-2H3,(H,22,25)(H,23,26). The second-order valence-corrected chi connectivity index (χ2v) is 7.33. The van der Waals surface area contributed by atoms with E-state index in [2.05, 4.69) is 22.1 Å². The summed E-state index contributed by atoms with van der Waals surface area (Å²) in [6.07, 6.45) is 4.55. The molecule has 3 rings (SSSR count). The molecule has 27 heavy (non-hydrogen) atoms. The van der Waals surface area contributed by atoms with Gasteiger partial charge in [0.25, 0.3) is 5.56 Å². The third-order valence-electron chi connectivity index (χ3n) is 5.36. The van der Waals surface area contributed by atoms with Gasteiger partial charge in [0.15, 0.2) is 0 Å². The zero-order valence-electron chi connectivity index (χ0n) is 16.2. The Bertz CT molecular complexity index is 840. The van der Waals surface area contributed by atoms with Gasteiger partial charge < -0.3 is 15.0 Å². The quantitative estimate of drug-likeness (QED) is 0.784. The maximum Gasteiger partial charge on any atom is 0.251 e. The van der Waals surface area contributed by atoms with E-state index in [1.165, 1.54) is 19.3 Å². The maximum absolute atomic E-state index is 12.3. The molecule has 2 N–H and O–H groups in total. The van der Waals surface area contributed by atoms with Crippen molar-refractivity contribution in [2.75, 3.05) is 26.7 Å². The number of benzene rings is 1. The summed E-state index contributed by atoms with van der Waals surface area (Å²) in [7, 11) is 1.60. The summed E-state index contributed by atoms with van der Waals surface area (Å²) < 4.78 is 5.18. The van der Waals surface area contributed by atoms with Gasteiger partial charge in [0, 0.05) is 30.6 Å². The smallest absolute Gasteiger partial charge is 0.251 e. The van der Waals surface area contributed by atoms with E-state index in [1.807, 2.05) is 18.2 Å². The van der Waals surface area contributed by atoms with Gasteiger partial charge in [0.1, 0.15) is 5.75 Å². The molecule has 0 radical (unpaired) electrons. The molecule has 1 aliphatic heterocycles. The average Bonchev–Trinajstić information content (AvgIpc) is 2.70. The van der Waals surface area contributed by atoms with Crippen LogP contribution in [0.2, 0.25) is 0 Å². The van der Waals surface area contributed by atoms with E-state index in [-0.39, 0.29) is 11.5 Å². The highest BCUT2D eigenvalue weighted by atomic mass is 16.5. The SMILES string of the molecule is COc1ccc2cc(CCC(=O)NCC(C)N3CCCCC3)c(=O)[nH]c2c1. The van der Waals surface area contributed by atoms with Gasteiger partial charge in [-0.15, -0.1) is 0 Å². The first-order valence-corrected chi connectivity index (χ1v) is 9.77. The molecule has 2 aromatic rings. The Morgan fingerprint density at radius 3 is 2.78 bits per heavy atom. The fourth-order valence-electron chi connectivity index (χ4n) is 3.62. The minimum absolute atomic E-state index is 0.00640. The summed E-state index contributed by atoms with van der Waals surface area (Å²) in [4.78, 5) is 29.8. The molecule has 1 atom stereocenters. The molecular formula is C21H29N3O3. The monoisotopic (exact) mass is 371 g/mol. The molecule has 0 saturated carbocycles. The van der Waals surface area contributed by atoms with Gasteiger partial charge in [-0.1, -0.05) is 6.42 Å². The molecule has 1 aliphatic rings. The van der Waals surface area contributed by atoms with Crippen molar-refractivity contribution in [2.24, 2.45) is 0 Å². The minimum Gasteiger partial charge on any atom is -0.497 e. The summed E-state index contributed by atoms with van der Waals surface area (Å²) in [5, 5.41) is 3.95. The zero-order valence-corrected chi connectivity index (χ0v) is 16.2. The Kier molecular flexibility index (Phi) is 6.50. The first kappa shape index (κ1) is 19.4. The summed E-state index contributed by atoms with van der Waals surface area (Å²) >= 11 is 0. The lowest BCUT2D eigenvalue weighted by Gasteiger charge is -2.32. The highest BCUT2D eigenvalue weighted by molar-refractivity contribution is 5.81. The van der Waals surface area contributed by atoms with Crippen LogP contribution in [0, 0.1) is 0 Å². The molecule has 0 bridgehead atoms. The number of aromatic amines is 1. The number of carbonyl (C=O) groups excluding carboxylic acids is 1. The van der Waals surface area contributed by atoms with Crippen LogP contribution < -0.4 is 15.6 Å². The predicted molar refractivity (Wildman–Crippen MR) is 107 cm³/mol. The molecule has 1 saturated heterocycles. The van der Waals surface area contributed by atoms with Crippen LogP contribution in [0.15, 0.2) is 29.1 Å². The number of H-pyrrole nitrogens is 1. The molecule has 1 unspecified atom stereocenters. The van der Waals surface area contributed by atoms with E-state index in [1.54, 1.807) is 13.2 Å². The van der Waals surface area contributed by atoms with E-state index >= 15 is 0 Å². The number of hydrogen-bond donors (Lipinski definition) is 2. The van der Waals surface area contributed by atoms with E-state index in [9.17, 15) is 9.59 Å². The minimum atomic E-state index is -0.148. The Balaban J connectivity index is 1.53. The first-order chi connectivity index (χ1) is 13.1. The van der Waals surface area contributed by atoms with Crippen LogP contribution in [0.4, 0.5) is 0 Å². The average molecular weight is 371 g/mol. The molecule has 0 aliphatic carbocycles. The van der Waals surface area contributed by atoms with E-state index in [4.69, 9.17) is 4.74 Å². The van der Waals surface area contributed by atoms with Crippen molar-refractivity contribution in [3.05, 3.63) is 40.2 Å². The van der Waals surface area contributed by atoms with Crippen molar-refractivity contribution >= 4 is 16.8 Å². The number of amides is 1. The lowest BCUT2D eigenvalue weighted by atomic mass is 10.1. The fourth-order valence-corrected chi connectivity index (χ4v) is 3.62. The summed E-state index contributed by atoms with van der Waals surface area (Å²) in [5.41, 5.74) is 1.22. The van der Waals surface area contributed by atoms with Crippen LogP contribution in [0.5, 0.6) is 5.75 Å². The number of nitrogens with one attached hydrogen (secondary N) is 2. The predicted octanol–water partition coefficient (Wildman–Crippen LogP) is 2.46. The normalized spacial score (nSPS) is 16.2. The third kappa shape index (κ3) is 5.10. The summed E-state index contributed by atoms with van der Waals surface area (Å²) in [5.74, 6) is 0.696. The Hall–Kier alpha value is -2.34. The summed E-state index contributed by atoms with van der Waals surface area (Å²) in [6.45, 7) is 5.06. The van der Waals surface area contributed by atoms with E-state index < -0.39 is 0 Å². The number of aryl methyl sites for hydroxylation is 1. The third-order valence-corrected chi connectivity index (χ3v) is 5.36. The van der Waals surface area contributed by atoms with Crippen LogP contribution in [0.25, 0.3) is 10.9 Å². The van der Waals surface area contributed by atoms with Crippen molar-refractivity contribution in [3.63, 3.8) is 0 Å². The Morgan fingerprint density at radius 1 is 1.26 bits per heavy atom. The van der Waals surface area contributed by atoms with Crippen molar-refractivity contribution in [1.29, 1.82) is 0 Å². The molecule has 1 amide bonds. The van der Waals surface area contributed by atoms with Crippen LogP contribution in [0.1, 0.15) is 38.2 Å². The van der Waals surface area contributed by atoms with Crippen molar-refractivity contribution in [3.8, 4) is 5.75 Å². The van der Waals surface area contributed by atoms with Crippen LogP contribution in [-0.4, -0.2) is 48.6 Å². The highest BCUT2D eigenvalue weighted by Crippen LogP contribution is 2.18. The van der Waals surface area contributed by atoms with Crippen LogP contribution in [-0.2, 0) is 11.2 Å². The molecule has 6 nitrogen and oxygen atoms in total. The van der Waals surface area contributed by atoms with E-state index in [0.29, 0.717) is 36.7 Å². The number of hydrogen-bond acceptors (Lipinski definition) is 4. The van der Waals surface area contributed by atoms with Gasteiger partial charge in [0.2, 0.25) is 5.91 Å². The molecule has 1 aromatic heterocycles. The second kappa shape index (κ2) is 9.04. The molecule has 2 heterocycles. The number of rotatable bonds is 7. The highest BCUT2D eigenvalue weighted by Gasteiger charge is 2.17. The number of likely N-dealkylation sites (tertiary alicyclic amines) is 1. The van der Waals surface area contributed by atoms with E-state index in [0.717, 1.165) is 24.0 Å². The molecule has 0 spiro atoms.